The molecule has 1 aliphatic rings. The highest BCUT2D eigenvalue weighted by atomic mass is 16.3. The van der Waals surface area contributed by atoms with Crippen molar-refractivity contribution in [3.63, 3.8) is 0 Å². The van der Waals surface area contributed by atoms with Gasteiger partial charge in [-0.25, -0.2) is 0 Å². The van der Waals surface area contributed by atoms with Crippen LogP contribution in [0.25, 0.3) is 0 Å². The molecule has 0 bridgehead atoms. The summed E-state index contributed by atoms with van der Waals surface area (Å²) in [6.07, 6.45) is 3.69. The highest BCUT2D eigenvalue weighted by Gasteiger charge is 2.40. The number of piperidine rings is 1. The molecule has 1 heterocycles. The Morgan fingerprint density at radius 3 is 2.44 bits per heavy atom. The van der Waals surface area contributed by atoms with Crippen molar-refractivity contribution in [3.8, 4) is 0 Å². The molecule has 1 fully saturated rings. The average Bonchev–Trinajstić information content (AvgIpc) is 2.70. The number of benzene rings is 2. The number of amides is 1. The molecule has 0 spiro atoms. The fourth-order valence-corrected chi connectivity index (χ4v) is 4.12. The van der Waals surface area contributed by atoms with E-state index in [1.54, 1.807) is 6.08 Å². The van der Waals surface area contributed by atoms with Gasteiger partial charge in [-0.1, -0.05) is 54.6 Å². The molecule has 1 atom stereocenters. The van der Waals surface area contributed by atoms with E-state index in [-0.39, 0.29) is 12.3 Å². The van der Waals surface area contributed by atoms with Crippen molar-refractivity contribution in [3.05, 3.63) is 83.4 Å². The number of rotatable bonds is 5. The van der Waals surface area contributed by atoms with Gasteiger partial charge in [-0.2, -0.15) is 0 Å². The molecule has 2 aromatic carbocycles. The lowest BCUT2D eigenvalue weighted by atomic mass is 9.84. The summed E-state index contributed by atoms with van der Waals surface area (Å²) < 4.78 is 0. The molecule has 2 aromatic rings. The summed E-state index contributed by atoms with van der Waals surface area (Å²) in [5, 5.41) is 11.2. The molecule has 0 radical (unpaired) electrons. The number of aliphatic hydroxyl groups is 1. The zero-order valence-corrected chi connectivity index (χ0v) is 16.3. The largest absolute Gasteiger partial charge is 0.375 e. The molecular weight excluding hydrogens is 334 g/mol. The predicted octanol–water partition coefficient (Wildman–Crippen LogP) is 4.47. The summed E-state index contributed by atoms with van der Waals surface area (Å²) in [5.74, 6) is 0.256. The Hall–Kier alpha value is -2.39. The molecule has 1 aliphatic heterocycles. The Bertz CT molecular complexity index is 806. The first kappa shape index (κ1) is 19.4. The zero-order chi connectivity index (χ0) is 19.4. The van der Waals surface area contributed by atoms with E-state index in [9.17, 15) is 9.90 Å². The van der Waals surface area contributed by atoms with Gasteiger partial charge in [0.15, 0.2) is 5.60 Å². The van der Waals surface area contributed by atoms with Crippen molar-refractivity contribution in [1.29, 1.82) is 0 Å². The normalized spacial score (nSPS) is 17.4. The molecule has 0 saturated carbocycles. The highest BCUT2D eigenvalue weighted by Crippen LogP contribution is 2.34. The highest BCUT2D eigenvalue weighted by molar-refractivity contribution is 5.86. The fourth-order valence-electron chi connectivity index (χ4n) is 4.12. The number of hydrogen-bond acceptors (Lipinski definition) is 2. The molecule has 142 valence electrons. The smallest absolute Gasteiger partial charge is 0.259 e. The number of nitrogens with zero attached hydrogens (tertiary/aromatic N) is 1. The van der Waals surface area contributed by atoms with Gasteiger partial charge >= 0.3 is 0 Å². The lowest BCUT2D eigenvalue weighted by molar-refractivity contribution is -0.153. The third-order valence-corrected chi connectivity index (χ3v) is 5.91. The minimum Gasteiger partial charge on any atom is -0.375 e. The maximum absolute atomic E-state index is 13.2. The molecule has 3 heteroatoms. The van der Waals surface area contributed by atoms with Gasteiger partial charge in [0.1, 0.15) is 0 Å². The van der Waals surface area contributed by atoms with Gasteiger partial charge in [-0.05, 0) is 54.9 Å². The van der Waals surface area contributed by atoms with Gasteiger partial charge < -0.3 is 10.0 Å². The molecule has 3 nitrogen and oxygen atoms in total. The van der Waals surface area contributed by atoms with Crippen LogP contribution in [0, 0.1) is 13.8 Å². The van der Waals surface area contributed by atoms with E-state index >= 15 is 0 Å². The Kier molecular flexibility index (Phi) is 5.81. The third kappa shape index (κ3) is 3.84. The molecule has 0 aliphatic carbocycles. The van der Waals surface area contributed by atoms with Crippen LogP contribution in [0.3, 0.4) is 0 Å². The number of carbonyl (C=O) groups excluding carboxylic acids is 1. The van der Waals surface area contributed by atoms with Gasteiger partial charge in [0.25, 0.3) is 5.91 Å². The number of hydrogen-bond donors (Lipinski definition) is 1. The molecule has 1 amide bonds. The topological polar surface area (TPSA) is 40.5 Å². The molecule has 3 rings (SSSR count). The standard InChI is InChI=1S/C24H29NO2/c1-4-15-24(27,21-10-6-5-7-11-21)23(26)25-16-13-20(14-17-25)22-12-8-9-18(2)19(22)3/h4-12,20,27H,1,13-17H2,2-3H3. The van der Waals surface area contributed by atoms with Crippen LogP contribution in [-0.4, -0.2) is 29.0 Å². The van der Waals surface area contributed by atoms with E-state index in [2.05, 4.69) is 38.6 Å². The number of likely N-dealkylation sites (tertiary alicyclic amines) is 1. The lowest BCUT2D eigenvalue weighted by Crippen LogP contribution is -2.49. The van der Waals surface area contributed by atoms with E-state index in [4.69, 9.17) is 0 Å². The molecular formula is C24H29NO2. The van der Waals surface area contributed by atoms with Crippen molar-refractivity contribution in [1.82, 2.24) is 4.90 Å². The maximum Gasteiger partial charge on any atom is 0.259 e. The molecule has 27 heavy (non-hydrogen) atoms. The average molecular weight is 364 g/mol. The van der Waals surface area contributed by atoms with Crippen molar-refractivity contribution in [2.45, 2.75) is 44.6 Å². The van der Waals surface area contributed by atoms with Gasteiger partial charge in [-0.3, -0.25) is 4.79 Å². The molecule has 0 aromatic heterocycles. The summed E-state index contributed by atoms with van der Waals surface area (Å²) in [6, 6.07) is 15.7. The first-order valence-electron chi connectivity index (χ1n) is 9.71. The summed E-state index contributed by atoms with van der Waals surface area (Å²) in [7, 11) is 0. The summed E-state index contributed by atoms with van der Waals surface area (Å²) in [6.45, 7) is 9.40. The van der Waals surface area contributed by atoms with Gasteiger partial charge in [0.05, 0.1) is 0 Å². The number of aryl methyl sites for hydroxylation is 1. The summed E-state index contributed by atoms with van der Waals surface area (Å²) in [5.41, 5.74) is 3.16. The molecule has 1 unspecified atom stereocenters. The van der Waals surface area contributed by atoms with Crippen LogP contribution in [0.15, 0.2) is 61.2 Å². The summed E-state index contributed by atoms with van der Waals surface area (Å²) >= 11 is 0. The quantitative estimate of drug-likeness (QED) is 0.796. The van der Waals surface area contributed by atoms with Gasteiger partial charge in [-0.15, -0.1) is 6.58 Å². The Balaban J connectivity index is 1.75. The zero-order valence-electron chi connectivity index (χ0n) is 16.3. The van der Waals surface area contributed by atoms with Crippen molar-refractivity contribution in [2.24, 2.45) is 0 Å². The van der Waals surface area contributed by atoms with Crippen molar-refractivity contribution >= 4 is 5.91 Å². The van der Waals surface area contributed by atoms with Crippen molar-refractivity contribution < 1.29 is 9.90 Å². The van der Waals surface area contributed by atoms with E-state index < -0.39 is 5.60 Å². The van der Waals surface area contributed by atoms with Crippen LogP contribution in [0.1, 0.15) is 47.4 Å². The first-order valence-corrected chi connectivity index (χ1v) is 9.71. The molecule has 1 saturated heterocycles. The minimum atomic E-state index is -1.53. The van der Waals surface area contributed by atoms with Crippen LogP contribution >= 0.6 is 0 Å². The third-order valence-electron chi connectivity index (χ3n) is 5.91. The van der Waals surface area contributed by atoms with E-state index in [1.165, 1.54) is 16.7 Å². The second-order valence-electron chi connectivity index (χ2n) is 7.57. The van der Waals surface area contributed by atoms with Gasteiger partial charge in [0, 0.05) is 19.5 Å². The van der Waals surface area contributed by atoms with Crippen LogP contribution < -0.4 is 0 Å². The van der Waals surface area contributed by atoms with E-state index in [1.807, 2.05) is 35.2 Å². The monoisotopic (exact) mass is 363 g/mol. The van der Waals surface area contributed by atoms with Crippen LogP contribution in [-0.2, 0) is 10.4 Å². The van der Waals surface area contributed by atoms with E-state index in [0.29, 0.717) is 24.6 Å². The maximum atomic E-state index is 13.2. The molecule has 1 N–H and O–H groups in total. The van der Waals surface area contributed by atoms with Crippen LogP contribution in [0.2, 0.25) is 0 Å². The van der Waals surface area contributed by atoms with Gasteiger partial charge in [0.2, 0.25) is 0 Å². The van der Waals surface area contributed by atoms with Crippen LogP contribution in [0.4, 0.5) is 0 Å². The predicted molar refractivity (Wildman–Crippen MR) is 110 cm³/mol. The van der Waals surface area contributed by atoms with E-state index in [0.717, 1.165) is 12.8 Å². The summed E-state index contributed by atoms with van der Waals surface area (Å²) in [4.78, 5) is 15.0. The van der Waals surface area contributed by atoms with Crippen molar-refractivity contribution in [2.75, 3.05) is 13.1 Å². The Morgan fingerprint density at radius 1 is 1.15 bits per heavy atom. The van der Waals surface area contributed by atoms with Crippen LogP contribution in [0.5, 0.6) is 0 Å². The first-order chi connectivity index (χ1) is 13.0. The Labute approximate surface area is 162 Å². The SMILES string of the molecule is C=CCC(O)(C(=O)N1CCC(c2cccc(C)c2C)CC1)c1ccccc1. The Morgan fingerprint density at radius 2 is 1.81 bits per heavy atom. The number of carbonyl (C=O) groups is 1. The fraction of sp³-hybridized carbons (Fsp3) is 0.375. The second-order valence-corrected chi connectivity index (χ2v) is 7.57. The second kappa shape index (κ2) is 8.10. The lowest BCUT2D eigenvalue weighted by Gasteiger charge is -2.38. The minimum absolute atomic E-state index is 0.215.